The zero-order valence-corrected chi connectivity index (χ0v) is 15.1. The van der Waals surface area contributed by atoms with Crippen LogP contribution < -0.4 is 15.6 Å². The number of nitrogens with one attached hydrogen (secondary N) is 1. The molecule has 0 saturated carbocycles. The molecule has 0 fully saturated rings. The van der Waals surface area contributed by atoms with E-state index >= 15 is 0 Å². The van der Waals surface area contributed by atoms with Gasteiger partial charge in [-0.25, -0.2) is 4.98 Å². The molecule has 6 nitrogen and oxygen atoms in total. The third-order valence-corrected chi connectivity index (χ3v) is 4.57. The molecule has 0 unspecified atom stereocenters. The molecule has 0 aliphatic rings. The maximum absolute atomic E-state index is 12.4. The average molecular weight is 357 g/mol. The lowest BCUT2D eigenvalue weighted by Gasteiger charge is -2.14. The van der Waals surface area contributed by atoms with Crippen LogP contribution in [0.1, 0.15) is 31.0 Å². The van der Waals surface area contributed by atoms with E-state index in [2.05, 4.69) is 24.1 Å². The van der Waals surface area contributed by atoms with E-state index in [1.54, 1.807) is 18.5 Å². The van der Waals surface area contributed by atoms with E-state index < -0.39 is 5.91 Å². The van der Waals surface area contributed by atoms with E-state index in [9.17, 15) is 9.59 Å². The number of rotatable bonds is 5. The van der Waals surface area contributed by atoms with Gasteiger partial charge in [-0.2, -0.15) is 0 Å². The molecule has 1 N–H and O–H groups in total. The van der Waals surface area contributed by atoms with Gasteiger partial charge in [0.05, 0.1) is 5.69 Å². The van der Waals surface area contributed by atoms with Gasteiger partial charge in [-0.05, 0) is 24.5 Å². The lowest BCUT2D eigenvalue weighted by molar-refractivity contribution is -0.118. The first kappa shape index (κ1) is 17.2. The number of fused-ring (bicyclic) bond motifs is 1. The number of hydrogen-bond donors (Lipinski definition) is 1. The van der Waals surface area contributed by atoms with Crippen LogP contribution in [0, 0.1) is 6.92 Å². The van der Waals surface area contributed by atoms with Gasteiger partial charge in [0, 0.05) is 11.6 Å². The van der Waals surface area contributed by atoms with E-state index in [1.165, 1.54) is 15.7 Å². The molecule has 0 bridgehead atoms. The van der Waals surface area contributed by atoms with Crippen LogP contribution in [-0.4, -0.2) is 21.9 Å². The summed E-state index contributed by atoms with van der Waals surface area (Å²) in [6.45, 7) is 5.66. The molecule has 25 heavy (non-hydrogen) atoms. The van der Waals surface area contributed by atoms with Crippen LogP contribution in [0.15, 0.2) is 40.6 Å². The molecule has 0 saturated heterocycles. The molecule has 130 valence electrons. The molecule has 1 aromatic carbocycles. The fourth-order valence-electron chi connectivity index (χ4n) is 2.53. The SMILES string of the molecule is Cc1nc2sccn2c(=O)c1NC(=O)COc1ccccc1C(C)C. The Kier molecular flexibility index (Phi) is 4.85. The van der Waals surface area contributed by atoms with Crippen LogP contribution in [0.3, 0.4) is 0 Å². The number of aromatic nitrogens is 2. The second kappa shape index (κ2) is 7.06. The first-order valence-corrected chi connectivity index (χ1v) is 8.83. The zero-order valence-electron chi connectivity index (χ0n) is 14.3. The zero-order chi connectivity index (χ0) is 18.0. The smallest absolute Gasteiger partial charge is 0.282 e. The summed E-state index contributed by atoms with van der Waals surface area (Å²) >= 11 is 1.37. The van der Waals surface area contributed by atoms with Crippen LogP contribution in [-0.2, 0) is 4.79 Å². The summed E-state index contributed by atoms with van der Waals surface area (Å²) in [4.78, 5) is 29.6. The number of nitrogens with zero attached hydrogens (tertiary/aromatic N) is 2. The number of aryl methyl sites for hydroxylation is 1. The molecule has 3 rings (SSSR count). The number of anilines is 1. The van der Waals surface area contributed by atoms with E-state index in [0.29, 0.717) is 16.4 Å². The van der Waals surface area contributed by atoms with Crippen molar-refractivity contribution in [1.29, 1.82) is 0 Å². The Hall–Kier alpha value is -2.67. The number of thiazole rings is 1. The number of benzene rings is 1. The Labute approximate surface area is 149 Å². The highest BCUT2D eigenvalue weighted by Crippen LogP contribution is 2.25. The van der Waals surface area contributed by atoms with Crippen LogP contribution in [0.2, 0.25) is 0 Å². The van der Waals surface area contributed by atoms with Crippen molar-refractivity contribution in [2.75, 3.05) is 11.9 Å². The maximum Gasteiger partial charge on any atom is 0.282 e. The molecule has 0 aliphatic carbocycles. The molecular formula is C18H19N3O3S. The Morgan fingerprint density at radius 2 is 2.12 bits per heavy atom. The van der Waals surface area contributed by atoms with Crippen molar-refractivity contribution in [1.82, 2.24) is 9.38 Å². The number of hydrogen-bond acceptors (Lipinski definition) is 5. The lowest BCUT2D eigenvalue weighted by Crippen LogP contribution is -2.27. The topological polar surface area (TPSA) is 72.7 Å². The highest BCUT2D eigenvalue weighted by atomic mass is 32.1. The first-order chi connectivity index (χ1) is 12.0. The third-order valence-electron chi connectivity index (χ3n) is 3.81. The Bertz CT molecular complexity index is 975. The maximum atomic E-state index is 12.4. The number of carbonyl (C=O) groups is 1. The van der Waals surface area contributed by atoms with E-state index in [0.717, 1.165) is 5.56 Å². The van der Waals surface area contributed by atoms with Gasteiger partial charge >= 0.3 is 0 Å². The summed E-state index contributed by atoms with van der Waals surface area (Å²) in [5.41, 5.74) is 1.41. The summed E-state index contributed by atoms with van der Waals surface area (Å²) in [6, 6.07) is 7.61. The largest absolute Gasteiger partial charge is 0.483 e. The van der Waals surface area contributed by atoms with Crippen molar-refractivity contribution in [3.63, 3.8) is 0 Å². The van der Waals surface area contributed by atoms with Gasteiger partial charge in [-0.3, -0.25) is 14.0 Å². The van der Waals surface area contributed by atoms with E-state index in [1.807, 2.05) is 24.3 Å². The van der Waals surface area contributed by atoms with Crippen molar-refractivity contribution >= 4 is 27.9 Å². The predicted octanol–water partition coefficient (Wildman–Crippen LogP) is 3.21. The first-order valence-electron chi connectivity index (χ1n) is 7.95. The minimum absolute atomic E-state index is 0.172. The van der Waals surface area contributed by atoms with Crippen molar-refractivity contribution in [2.45, 2.75) is 26.7 Å². The predicted molar refractivity (Wildman–Crippen MR) is 98.7 cm³/mol. The summed E-state index contributed by atoms with van der Waals surface area (Å²) in [6.07, 6.45) is 1.64. The van der Waals surface area contributed by atoms with Crippen LogP contribution in [0.25, 0.3) is 4.96 Å². The molecule has 0 spiro atoms. The minimum atomic E-state index is -0.393. The highest BCUT2D eigenvalue weighted by molar-refractivity contribution is 7.15. The van der Waals surface area contributed by atoms with Gasteiger partial charge in [-0.1, -0.05) is 32.0 Å². The van der Waals surface area contributed by atoms with Crippen LogP contribution in [0.5, 0.6) is 5.75 Å². The summed E-state index contributed by atoms with van der Waals surface area (Å²) in [7, 11) is 0. The van der Waals surface area contributed by atoms with E-state index in [4.69, 9.17) is 4.74 Å². The second-order valence-electron chi connectivity index (χ2n) is 5.96. The van der Waals surface area contributed by atoms with Crippen molar-refractivity contribution in [3.8, 4) is 5.75 Å². The minimum Gasteiger partial charge on any atom is -0.483 e. The molecule has 2 aromatic heterocycles. The molecule has 0 atom stereocenters. The Balaban J connectivity index is 1.75. The van der Waals surface area contributed by atoms with Gasteiger partial charge in [0.2, 0.25) is 0 Å². The highest BCUT2D eigenvalue weighted by Gasteiger charge is 2.14. The normalized spacial score (nSPS) is 11.0. The fraction of sp³-hybridized carbons (Fsp3) is 0.278. The van der Waals surface area contributed by atoms with E-state index in [-0.39, 0.29) is 23.8 Å². The quantitative estimate of drug-likeness (QED) is 0.761. The van der Waals surface area contributed by atoms with Crippen molar-refractivity contribution < 1.29 is 9.53 Å². The van der Waals surface area contributed by atoms with Crippen LogP contribution in [0.4, 0.5) is 5.69 Å². The number of para-hydroxylation sites is 1. The van der Waals surface area contributed by atoms with Crippen molar-refractivity contribution in [3.05, 3.63) is 57.5 Å². The molecule has 0 aliphatic heterocycles. The van der Waals surface area contributed by atoms with Crippen LogP contribution >= 0.6 is 11.3 Å². The Morgan fingerprint density at radius 1 is 1.36 bits per heavy atom. The molecular weight excluding hydrogens is 338 g/mol. The third kappa shape index (κ3) is 3.56. The number of carbonyl (C=O) groups excluding carboxylic acids is 1. The van der Waals surface area contributed by atoms with Gasteiger partial charge in [0.25, 0.3) is 11.5 Å². The van der Waals surface area contributed by atoms with Gasteiger partial charge in [-0.15, -0.1) is 11.3 Å². The molecule has 0 radical (unpaired) electrons. The monoisotopic (exact) mass is 357 g/mol. The van der Waals surface area contributed by atoms with Gasteiger partial charge in [0.15, 0.2) is 11.6 Å². The molecule has 7 heteroatoms. The summed E-state index contributed by atoms with van der Waals surface area (Å²) in [5, 5.41) is 4.40. The average Bonchev–Trinajstić information content (AvgIpc) is 3.05. The number of ether oxygens (including phenoxy) is 1. The van der Waals surface area contributed by atoms with Crippen molar-refractivity contribution in [2.24, 2.45) is 0 Å². The second-order valence-corrected chi connectivity index (χ2v) is 6.84. The summed E-state index contributed by atoms with van der Waals surface area (Å²) in [5.74, 6) is 0.569. The fourth-order valence-corrected chi connectivity index (χ4v) is 3.28. The van der Waals surface area contributed by atoms with Gasteiger partial charge in [0.1, 0.15) is 11.4 Å². The molecule has 3 aromatic rings. The lowest BCUT2D eigenvalue weighted by atomic mass is 10.0. The molecule has 1 amide bonds. The standard InChI is InChI=1S/C18H19N3O3S/c1-11(2)13-6-4-5-7-14(13)24-10-15(22)20-16-12(3)19-18-21(17(16)23)8-9-25-18/h4-9,11H,10H2,1-3H3,(H,20,22). The number of amides is 1. The molecule has 2 heterocycles. The summed E-state index contributed by atoms with van der Waals surface area (Å²) < 4.78 is 7.06. The Morgan fingerprint density at radius 3 is 2.88 bits per heavy atom. The van der Waals surface area contributed by atoms with Gasteiger partial charge < -0.3 is 10.1 Å².